The molecule has 0 aromatic rings. The monoisotopic (exact) mass is 969 g/mol. The van der Waals surface area contributed by atoms with Gasteiger partial charge in [0, 0.05) is 12.8 Å². The number of rotatable bonds is 40. The average Bonchev–Trinajstić information content (AvgIpc) is 3.33. The van der Waals surface area contributed by atoms with E-state index < -0.39 is 99.3 Å². The first kappa shape index (κ1) is 61.6. The Labute approximate surface area is 408 Å². The van der Waals surface area contributed by atoms with E-state index >= 15 is 0 Å². The van der Waals surface area contributed by atoms with Crippen LogP contribution in [0, 0.1) is 0 Å². The summed E-state index contributed by atoms with van der Waals surface area (Å²) in [5.74, 6) is -0.959. The Morgan fingerprint density at radius 3 is 1.41 bits per heavy atom. The summed E-state index contributed by atoms with van der Waals surface area (Å²) in [4.78, 5) is 25.8. The maximum Gasteiger partial charge on any atom is 0.306 e. The standard InChI is InChI=1S/C53H92O15/c1-3-5-7-9-11-13-15-17-18-19-20-21-22-24-25-27-29-31-33-35-44(55)63-38-41(66-45(56)36-34-32-30-28-26-23-16-14-12-10-8-6-4-2)39-64-52-51(62)49(60)47(58)43(68-52)40-65-53-50(61)48(59)46(57)42(37-54)67-53/h11,13,17-18,20-21,24-25,41-43,46-54,57-62H,3-10,12,14-16,19,22-23,26-40H2,1-2H3/b13-11+,18-17+,21-20+,25-24+/t41-,42+,43+,46-,47-,48?,49?,50?,51?,52+,53+/m0/s1. The highest BCUT2D eigenvalue weighted by Gasteiger charge is 2.47. The number of esters is 2. The molecule has 15 heteroatoms. The van der Waals surface area contributed by atoms with Crippen molar-refractivity contribution >= 4 is 11.9 Å². The normalized spacial score (nSPS) is 26.1. The van der Waals surface area contributed by atoms with Gasteiger partial charge in [-0.05, 0) is 57.8 Å². The zero-order valence-electron chi connectivity index (χ0n) is 41.6. The first-order valence-corrected chi connectivity index (χ1v) is 26.2. The molecule has 0 spiro atoms. The van der Waals surface area contributed by atoms with Crippen molar-refractivity contribution in [2.24, 2.45) is 0 Å². The number of aliphatic hydroxyl groups excluding tert-OH is 7. The number of aliphatic hydroxyl groups is 7. The van der Waals surface area contributed by atoms with Crippen LogP contribution in [0.15, 0.2) is 48.6 Å². The van der Waals surface area contributed by atoms with Crippen LogP contribution in [0.2, 0.25) is 0 Å². The van der Waals surface area contributed by atoms with E-state index in [-0.39, 0.29) is 19.4 Å². The summed E-state index contributed by atoms with van der Waals surface area (Å²) in [6, 6.07) is 0. The molecule has 2 aliphatic heterocycles. The molecule has 2 rings (SSSR count). The summed E-state index contributed by atoms with van der Waals surface area (Å²) in [7, 11) is 0. The van der Waals surface area contributed by atoms with Crippen molar-refractivity contribution in [1.29, 1.82) is 0 Å². The Balaban J connectivity index is 1.81. The molecule has 2 saturated heterocycles. The van der Waals surface area contributed by atoms with E-state index in [0.29, 0.717) is 12.8 Å². The number of unbranched alkanes of at least 4 members (excludes halogenated alkanes) is 18. The minimum atomic E-state index is -1.77. The van der Waals surface area contributed by atoms with Crippen molar-refractivity contribution in [2.45, 2.75) is 248 Å². The second kappa shape index (κ2) is 40.1. The average molecular weight is 969 g/mol. The number of ether oxygens (including phenoxy) is 6. The van der Waals surface area contributed by atoms with Crippen molar-refractivity contribution in [3.63, 3.8) is 0 Å². The molecule has 394 valence electrons. The molecule has 4 unspecified atom stereocenters. The van der Waals surface area contributed by atoms with Gasteiger partial charge >= 0.3 is 11.9 Å². The van der Waals surface area contributed by atoms with Gasteiger partial charge in [0.25, 0.3) is 0 Å². The minimum absolute atomic E-state index is 0.159. The molecular formula is C53H92O15. The van der Waals surface area contributed by atoms with E-state index in [9.17, 15) is 45.3 Å². The Bertz CT molecular complexity index is 1370. The van der Waals surface area contributed by atoms with E-state index in [1.165, 1.54) is 77.0 Å². The fourth-order valence-electron chi connectivity index (χ4n) is 7.96. The van der Waals surface area contributed by atoms with Gasteiger partial charge in [-0.1, -0.05) is 159 Å². The van der Waals surface area contributed by atoms with Gasteiger partial charge in [0.1, 0.15) is 55.4 Å². The molecule has 0 aromatic heterocycles. The van der Waals surface area contributed by atoms with E-state index in [1.807, 2.05) is 0 Å². The SMILES string of the molecule is CCCCC/C=C/C/C=C/C/C=C/C/C=C/CCCCCC(=O)OC[C@@H](CO[C@@H]1O[C@H](CO[C@@H]2O[C@H](CO)[C@H](O)C(O)C2O)[C@H](O)C(O)C1O)OC(=O)CCCCCCCCCCCCCCC. The third kappa shape index (κ3) is 27.7. The molecule has 7 N–H and O–H groups in total. The highest BCUT2D eigenvalue weighted by Crippen LogP contribution is 2.26. The van der Waals surface area contributed by atoms with Crippen LogP contribution in [0.1, 0.15) is 181 Å². The highest BCUT2D eigenvalue weighted by molar-refractivity contribution is 5.70. The first-order valence-electron chi connectivity index (χ1n) is 26.2. The molecule has 0 saturated carbocycles. The Morgan fingerprint density at radius 2 is 0.882 bits per heavy atom. The van der Waals surface area contributed by atoms with Crippen molar-refractivity contribution < 1.29 is 73.8 Å². The van der Waals surface area contributed by atoms with Crippen LogP contribution in [0.25, 0.3) is 0 Å². The molecule has 2 fully saturated rings. The molecule has 68 heavy (non-hydrogen) atoms. The van der Waals surface area contributed by atoms with Gasteiger partial charge in [0.05, 0.1) is 19.8 Å². The number of allylic oxidation sites excluding steroid dienone is 8. The Morgan fingerprint density at radius 1 is 0.471 bits per heavy atom. The van der Waals surface area contributed by atoms with Crippen molar-refractivity contribution in [1.82, 2.24) is 0 Å². The first-order chi connectivity index (χ1) is 33.0. The molecular weight excluding hydrogens is 877 g/mol. The Hall–Kier alpha value is -2.54. The fourth-order valence-corrected chi connectivity index (χ4v) is 7.96. The lowest BCUT2D eigenvalue weighted by Crippen LogP contribution is -2.61. The lowest BCUT2D eigenvalue weighted by atomic mass is 9.98. The molecule has 2 aliphatic rings. The Kier molecular flexibility index (Phi) is 36.3. The molecule has 2 heterocycles. The zero-order valence-corrected chi connectivity index (χ0v) is 41.6. The van der Waals surface area contributed by atoms with Gasteiger partial charge in [-0.25, -0.2) is 0 Å². The van der Waals surface area contributed by atoms with Gasteiger partial charge in [0.15, 0.2) is 18.7 Å². The molecule has 0 aliphatic carbocycles. The predicted octanol–water partition coefficient (Wildman–Crippen LogP) is 7.49. The summed E-state index contributed by atoms with van der Waals surface area (Å²) in [5, 5.41) is 72.1. The van der Waals surface area contributed by atoms with Crippen LogP contribution < -0.4 is 0 Å². The molecule has 11 atom stereocenters. The zero-order chi connectivity index (χ0) is 49.6. The largest absolute Gasteiger partial charge is 0.462 e. The quantitative estimate of drug-likeness (QED) is 0.0179. The van der Waals surface area contributed by atoms with Crippen molar-refractivity contribution in [2.75, 3.05) is 26.4 Å². The number of hydrogen-bond acceptors (Lipinski definition) is 15. The number of carbonyl (C=O) groups is 2. The van der Waals surface area contributed by atoms with Crippen molar-refractivity contribution in [3.8, 4) is 0 Å². The number of hydrogen-bond donors (Lipinski definition) is 7. The lowest BCUT2D eigenvalue weighted by molar-refractivity contribution is -0.332. The van der Waals surface area contributed by atoms with Crippen LogP contribution in [-0.4, -0.2) is 142 Å². The van der Waals surface area contributed by atoms with Crippen LogP contribution in [-0.2, 0) is 38.0 Å². The number of carbonyl (C=O) groups excluding carboxylic acids is 2. The van der Waals surface area contributed by atoms with Crippen molar-refractivity contribution in [3.05, 3.63) is 48.6 Å². The van der Waals surface area contributed by atoms with Gasteiger partial charge in [-0.3, -0.25) is 9.59 Å². The second-order valence-corrected chi connectivity index (χ2v) is 18.4. The summed E-state index contributed by atoms with van der Waals surface area (Å²) in [6.07, 6.45) is 27.1. The van der Waals surface area contributed by atoms with Gasteiger partial charge in [0.2, 0.25) is 0 Å². The van der Waals surface area contributed by atoms with Crippen LogP contribution in [0.4, 0.5) is 0 Å². The van der Waals surface area contributed by atoms with Gasteiger partial charge in [-0.15, -0.1) is 0 Å². The van der Waals surface area contributed by atoms with Gasteiger partial charge in [-0.2, -0.15) is 0 Å². The topological polar surface area (TPSA) is 231 Å². The molecule has 0 amide bonds. The maximum atomic E-state index is 13.0. The van der Waals surface area contributed by atoms with E-state index in [2.05, 4.69) is 62.5 Å². The molecule has 0 bridgehead atoms. The highest BCUT2D eigenvalue weighted by atomic mass is 16.7. The summed E-state index contributed by atoms with van der Waals surface area (Å²) >= 11 is 0. The lowest BCUT2D eigenvalue weighted by Gasteiger charge is -2.42. The minimum Gasteiger partial charge on any atom is -0.462 e. The third-order valence-corrected chi connectivity index (χ3v) is 12.3. The predicted molar refractivity (Wildman–Crippen MR) is 261 cm³/mol. The summed E-state index contributed by atoms with van der Waals surface area (Å²) in [6.45, 7) is 2.53. The smallest absolute Gasteiger partial charge is 0.306 e. The van der Waals surface area contributed by atoms with Gasteiger partial charge < -0.3 is 64.2 Å². The van der Waals surface area contributed by atoms with Crippen LogP contribution >= 0.6 is 0 Å². The van der Waals surface area contributed by atoms with Crippen LogP contribution in [0.3, 0.4) is 0 Å². The van der Waals surface area contributed by atoms with E-state index in [1.54, 1.807) is 0 Å². The van der Waals surface area contributed by atoms with Crippen LogP contribution in [0.5, 0.6) is 0 Å². The van der Waals surface area contributed by atoms with E-state index in [4.69, 9.17) is 28.4 Å². The van der Waals surface area contributed by atoms with E-state index in [0.717, 1.165) is 64.2 Å². The maximum absolute atomic E-state index is 13.0. The summed E-state index contributed by atoms with van der Waals surface area (Å²) < 4.78 is 33.5. The summed E-state index contributed by atoms with van der Waals surface area (Å²) in [5.41, 5.74) is 0. The third-order valence-electron chi connectivity index (χ3n) is 12.3. The fraction of sp³-hybridized carbons (Fsp3) is 0.811. The second-order valence-electron chi connectivity index (χ2n) is 18.4. The molecule has 15 nitrogen and oxygen atoms in total. The molecule has 0 radical (unpaired) electrons. The molecule has 0 aromatic carbocycles.